The number of carbonyl (C=O) groups is 2. The molecule has 1 amide bonds. The molecule has 0 bridgehead atoms. The first-order valence-electron chi connectivity index (χ1n) is 9.97. The molecule has 1 aromatic heterocycles. The van der Waals surface area contributed by atoms with Gasteiger partial charge in [-0.05, 0) is 35.4 Å². The van der Waals surface area contributed by atoms with Crippen LogP contribution in [0.25, 0.3) is 5.76 Å². The van der Waals surface area contributed by atoms with E-state index >= 15 is 0 Å². The van der Waals surface area contributed by atoms with Gasteiger partial charge in [0.1, 0.15) is 5.76 Å². The molecule has 1 N–H and O–H groups in total. The lowest BCUT2D eigenvalue weighted by molar-refractivity contribution is -0.140. The van der Waals surface area contributed by atoms with Crippen molar-refractivity contribution in [1.29, 1.82) is 0 Å². The van der Waals surface area contributed by atoms with E-state index < -0.39 is 17.7 Å². The normalized spacial score (nSPS) is 17.7. The lowest BCUT2D eigenvalue weighted by Crippen LogP contribution is -2.29. The highest BCUT2D eigenvalue weighted by molar-refractivity contribution is 6.46. The van der Waals surface area contributed by atoms with Crippen molar-refractivity contribution in [3.05, 3.63) is 101 Å². The molecule has 1 aliphatic heterocycles. The molecule has 2 aromatic carbocycles. The zero-order valence-corrected chi connectivity index (χ0v) is 17.4. The van der Waals surface area contributed by atoms with Gasteiger partial charge in [-0.2, -0.15) is 0 Å². The highest BCUT2D eigenvalue weighted by Gasteiger charge is 2.46. The van der Waals surface area contributed by atoms with Gasteiger partial charge in [-0.15, -0.1) is 0 Å². The van der Waals surface area contributed by atoms with Crippen molar-refractivity contribution in [2.75, 3.05) is 19.0 Å². The molecule has 0 radical (unpaired) electrons. The van der Waals surface area contributed by atoms with Crippen LogP contribution in [0.3, 0.4) is 0 Å². The van der Waals surface area contributed by atoms with Crippen LogP contribution in [-0.2, 0) is 16.1 Å². The lowest BCUT2D eigenvalue weighted by Gasteiger charge is -2.26. The van der Waals surface area contributed by atoms with Gasteiger partial charge < -0.3 is 14.9 Å². The van der Waals surface area contributed by atoms with Crippen molar-refractivity contribution >= 4 is 23.1 Å². The number of anilines is 1. The molecular formula is C25H23N3O3. The molecule has 31 heavy (non-hydrogen) atoms. The third-order valence-corrected chi connectivity index (χ3v) is 5.41. The van der Waals surface area contributed by atoms with Crippen LogP contribution in [0.1, 0.15) is 22.7 Å². The van der Waals surface area contributed by atoms with Crippen LogP contribution < -0.4 is 4.90 Å². The summed E-state index contributed by atoms with van der Waals surface area (Å²) in [4.78, 5) is 33.6. The highest BCUT2D eigenvalue weighted by Crippen LogP contribution is 2.40. The molecule has 3 aromatic rings. The Morgan fingerprint density at radius 3 is 2.23 bits per heavy atom. The van der Waals surface area contributed by atoms with Gasteiger partial charge in [0.15, 0.2) is 0 Å². The average Bonchev–Trinajstić information content (AvgIpc) is 3.05. The van der Waals surface area contributed by atoms with E-state index in [1.54, 1.807) is 36.7 Å². The van der Waals surface area contributed by atoms with Crippen molar-refractivity contribution in [2.24, 2.45) is 0 Å². The predicted molar refractivity (Wildman–Crippen MR) is 119 cm³/mol. The van der Waals surface area contributed by atoms with Gasteiger partial charge in [0.05, 0.1) is 11.6 Å². The number of hydrogen-bond acceptors (Lipinski definition) is 5. The summed E-state index contributed by atoms with van der Waals surface area (Å²) in [6.45, 7) is 0.235. The van der Waals surface area contributed by atoms with Crippen LogP contribution in [0.4, 0.5) is 5.69 Å². The predicted octanol–water partition coefficient (Wildman–Crippen LogP) is 3.77. The summed E-state index contributed by atoms with van der Waals surface area (Å²) in [7, 11) is 3.89. The van der Waals surface area contributed by atoms with Crippen molar-refractivity contribution in [3.8, 4) is 0 Å². The topological polar surface area (TPSA) is 73.7 Å². The molecule has 1 aliphatic rings. The molecule has 0 aliphatic carbocycles. The van der Waals surface area contributed by atoms with Gasteiger partial charge in [0.25, 0.3) is 11.7 Å². The summed E-state index contributed by atoms with van der Waals surface area (Å²) in [5.41, 5.74) is 3.21. The molecule has 1 unspecified atom stereocenters. The van der Waals surface area contributed by atoms with Crippen LogP contribution in [0, 0.1) is 0 Å². The number of aliphatic hydroxyl groups is 1. The molecule has 2 heterocycles. The second-order valence-electron chi connectivity index (χ2n) is 7.63. The number of benzene rings is 2. The Morgan fingerprint density at radius 2 is 1.61 bits per heavy atom. The summed E-state index contributed by atoms with van der Waals surface area (Å²) < 4.78 is 0. The van der Waals surface area contributed by atoms with Gasteiger partial charge in [-0.3, -0.25) is 14.6 Å². The zero-order chi connectivity index (χ0) is 22.0. The third kappa shape index (κ3) is 3.92. The number of rotatable bonds is 5. The van der Waals surface area contributed by atoms with E-state index in [-0.39, 0.29) is 17.9 Å². The van der Waals surface area contributed by atoms with E-state index in [1.807, 2.05) is 61.5 Å². The minimum Gasteiger partial charge on any atom is -0.507 e. The molecule has 6 heteroatoms. The van der Waals surface area contributed by atoms with Crippen molar-refractivity contribution < 1.29 is 14.7 Å². The molecule has 1 saturated heterocycles. The Hall–Kier alpha value is -3.93. The fourth-order valence-corrected chi connectivity index (χ4v) is 3.78. The Morgan fingerprint density at radius 1 is 0.968 bits per heavy atom. The summed E-state index contributed by atoms with van der Waals surface area (Å²) in [5.74, 6) is -1.48. The second-order valence-corrected chi connectivity index (χ2v) is 7.63. The molecule has 6 nitrogen and oxygen atoms in total. The number of ketones is 1. The van der Waals surface area contributed by atoms with Gasteiger partial charge in [-0.25, -0.2) is 0 Å². The van der Waals surface area contributed by atoms with E-state index in [4.69, 9.17) is 0 Å². The summed E-state index contributed by atoms with van der Waals surface area (Å²) >= 11 is 0. The van der Waals surface area contributed by atoms with E-state index in [2.05, 4.69) is 4.98 Å². The maximum Gasteiger partial charge on any atom is 0.295 e. The molecule has 0 spiro atoms. The van der Waals surface area contributed by atoms with Crippen LogP contribution in [-0.4, -0.2) is 40.8 Å². The number of aliphatic hydroxyl groups excluding tert-OH is 1. The Bertz CT molecular complexity index is 1120. The van der Waals surface area contributed by atoms with Crippen molar-refractivity contribution in [2.45, 2.75) is 12.6 Å². The molecule has 0 saturated carbocycles. The number of hydrogen-bond donors (Lipinski definition) is 1. The number of Topliss-reactive ketones (excluding diaryl/α,β-unsaturated/α-hetero) is 1. The maximum atomic E-state index is 13.0. The number of likely N-dealkylation sites (tertiary alicyclic amines) is 1. The van der Waals surface area contributed by atoms with Crippen LogP contribution in [0.2, 0.25) is 0 Å². The number of nitrogens with zero attached hydrogens (tertiary/aromatic N) is 3. The minimum absolute atomic E-state index is 0.0999. The maximum absolute atomic E-state index is 13.0. The highest BCUT2D eigenvalue weighted by atomic mass is 16.3. The average molecular weight is 413 g/mol. The van der Waals surface area contributed by atoms with Gasteiger partial charge in [-0.1, -0.05) is 42.5 Å². The number of carbonyl (C=O) groups excluding carboxylic acids is 2. The molecular weight excluding hydrogens is 390 g/mol. The van der Waals surface area contributed by atoms with Gasteiger partial charge in [0.2, 0.25) is 0 Å². The molecule has 1 fully saturated rings. The Kier molecular flexibility index (Phi) is 5.54. The largest absolute Gasteiger partial charge is 0.507 e. The van der Waals surface area contributed by atoms with Crippen molar-refractivity contribution in [3.63, 3.8) is 0 Å². The fraction of sp³-hybridized carbons (Fsp3) is 0.160. The Balaban J connectivity index is 1.84. The fourth-order valence-electron chi connectivity index (χ4n) is 3.78. The molecule has 1 atom stereocenters. The quantitative estimate of drug-likeness (QED) is 0.392. The van der Waals surface area contributed by atoms with Crippen LogP contribution >= 0.6 is 0 Å². The number of aromatic nitrogens is 1. The first-order chi connectivity index (χ1) is 15.0. The van der Waals surface area contributed by atoms with E-state index in [1.165, 1.54) is 4.90 Å². The molecule has 4 rings (SSSR count). The lowest BCUT2D eigenvalue weighted by atomic mass is 9.95. The minimum atomic E-state index is -0.690. The van der Waals surface area contributed by atoms with E-state index in [9.17, 15) is 14.7 Å². The van der Waals surface area contributed by atoms with Gasteiger partial charge >= 0.3 is 0 Å². The van der Waals surface area contributed by atoms with Crippen LogP contribution in [0.5, 0.6) is 0 Å². The zero-order valence-electron chi connectivity index (χ0n) is 17.4. The van der Waals surface area contributed by atoms with Crippen LogP contribution in [0.15, 0.2) is 84.7 Å². The van der Waals surface area contributed by atoms with Gasteiger partial charge in [0, 0.05) is 44.3 Å². The number of pyridine rings is 1. The first kappa shape index (κ1) is 20.3. The van der Waals surface area contributed by atoms with E-state index in [0.29, 0.717) is 5.56 Å². The second kappa shape index (κ2) is 8.44. The summed E-state index contributed by atoms with van der Waals surface area (Å²) in [6, 6.07) is 19.4. The van der Waals surface area contributed by atoms with Crippen molar-refractivity contribution in [1.82, 2.24) is 9.88 Å². The Labute approximate surface area is 181 Å². The standard InChI is InChI=1S/C25H23N3O3/c1-27(2)20-10-8-18(9-11-20)22-21(23(29)19-6-4-3-5-7-19)24(30)25(31)28(22)16-17-12-14-26-15-13-17/h3-15,22,29H,16H2,1-2H3/b23-21-. The SMILES string of the molecule is CN(C)c1ccc(C2/C(=C(/O)c3ccccc3)C(=O)C(=O)N2Cc2ccncc2)cc1. The third-order valence-electron chi connectivity index (χ3n) is 5.41. The summed E-state index contributed by atoms with van der Waals surface area (Å²) in [5, 5.41) is 11.0. The monoisotopic (exact) mass is 413 g/mol. The molecule has 156 valence electrons. The smallest absolute Gasteiger partial charge is 0.295 e. The summed E-state index contributed by atoms with van der Waals surface area (Å²) in [6.07, 6.45) is 3.30. The first-order valence-corrected chi connectivity index (χ1v) is 9.97. The van der Waals surface area contributed by atoms with E-state index in [0.717, 1.165) is 16.8 Å². The number of amides is 1.